The van der Waals surface area contributed by atoms with Crippen molar-refractivity contribution in [2.75, 3.05) is 0 Å². The molecule has 1 atom stereocenters. The second kappa shape index (κ2) is 5.50. The summed E-state index contributed by atoms with van der Waals surface area (Å²) in [7, 11) is 0. The number of nitrogens with one attached hydrogen (secondary N) is 1. The smallest absolute Gasteiger partial charge is 0.319 e. The topological polar surface area (TPSA) is 49.4 Å². The lowest BCUT2D eigenvalue weighted by molar-refractivity contribution is -0.132. The van der Waals surface area contributed by atoms with Crippen LogP contribution in [0.4, 0.5) is 4.79 Å². The molecule has 1 fully saturated rings. The molecule has 0 aromatic heterocycles. The maximum atomic E-state index is 13.1. The first kappa shape index (κ1) is 15.5. The standard InChI is InChI=1S/C18H14Cl2N2O2/c19-14-6-3-7-15(20)12(14)10-22-16(23)18(21-17(22)24)9-8-11-4-1-2-5-13(11)18/h1-7H,8-10H2,(H,21,24). The molecular formula is C18H14Cl2N2O2. The number of amides is 3. The van der Waals surface area contributed by atoms with Gasteiger partial charge in [-0.05, 0) is 36.1 Å². The Morgan fingerprint density at radius 1 is 1.04 bits per heavy atom. The molecule has 1 aliphatic heterocycles. The van der Waals surface area contributed by atoms with E-state index < -0.39 is 11.6 Å². The van der Waals surface area contributed by atoms with E-state index >= 15 is 0 Å². The van der Waals surface area contributed by atoms with Crippen molar-refractivity contribution < 1.29 is 9.59 Å². The number of carbonyl (C=O) groups excluding carboxylic acids is 2. The molecule has 1 saturated heterocycles. The van der Waals surface area contributed by atoms with Gasteiger partial charge in [-0.1, -0.05) is 53.5 Å². The highest BCUT2D eigenvalue weighted by molar-refractivity contribution is 6.36. The molecule has 4 nitrogen and oxygen atoms in total. The molecule has 122 valence electrons. The minimum atomic E-state index is -0.957. The average Bonchev–Trinajstić information content (AvgIpc) is 3.04. The number of hydrogen-bond acceptors (Lipinski definition) is 2. The van der Waals surface area contributed by atoms with Gasteiger partial charge in [0, 0.05) is 15.6 Å². The van der Waals surface area contributed by atoms with Gasteiger partial charge in [0.15, 0.2) is 0 Å². The van der Waals surface area contributed by atoms with Crippen LogP contribution in [0.5, 0.6) is 0 Å². The molecule has 6 heteroatoms. The molecule has 1 spiro atoms. The van der Waals surface area contributed by atoms with E-state index in [2.05, 4.69) is 5.32 Å². The molecule has 2 aromatic rings. The van der Waals surface area contributed by atoms with Gasteiger partial charge in [-0.2, -0.15) is 0 Å². The molecule has 1 aliphatic carbocycles. The predicted molar refractivity (Wildman–Crippen MR) is 92.0 cm³/mol. The van der Waals surface area contributed by atoms with Crippen LogP contribution in [0.2, 0.25) is 10.0 Å². The lowest BCUT2D eigenvalue weighted by Crippen LogP contribution is -2.41. The summed E-state index contributed by atoms with van der Waals surface area (Å²) in [5.41, 5.74) is 1.61. The van der Waals surface area contributed by atoms with Gasteiger partial charge in [0.05, 0.1) is 6.54 Å². The van der Waals surface area contributed by atoms with Crippen LogP contribution in [0.1, 0.15) is 23.1 Å². The first-order valence-corrected chi connectivity index (χ1v) is 8.44. The Bertz CT molecular complexity index is 848. The summed E-state index contributed by atoms with van der Waals surface area (Å²) in [6.45, 7) is 0.0626. The average molecular weight is 361 g/mol. The lowest BCUT2D eigenvalue weighted by Gasteiger charge is -2.22. The molecule has 1 N–H and O–H groups in total. The van der Waals surface area contributed by atoms with Gasteiger partial charge in [0.1, 0.15) is 5.54 Å². The number of urea groups is 1. The van der Waals surface area contributed by atoms with Gasteiger partial charge < -0.3 is 5.32 Å². The van der Waals surface area contributed by atoms with E-state index in [1.54, 1.807) is 18.2 Å². The van der Waals surface area contributed by atoms with Crippen molar-refractivity contribution in [1.29, 1.82) is 0 Å². The zero-order chi connectivity index (χ0) is 16.9. The highest BCUT2D eigenvalue weighted by Gasteiger charge is 2.55. The fraction of sp³-hybridized carbons (Fsp3) is 0.222. The van der Waals surface area contributed by atoms with E-state index in [-0.39, 0.29) is 12.5 Å². The van der Waals surface area contributed by atoms with Crippen LogP contribution < -0.4 is 5.32 Å². The molecule has 1 heterocycles. The van der Waals surface area contributed by atoms with Crippen LogP contribution in [-0.4, -0.2) is 16.8 Å². The van der Waals surface area contributed by atoms with Gasteiger partial charge >= 0.3 is 6.03 Å². The van der Waals surface area contributed by atoms with Crippen molar-refractivity contribution in [3.63, 3.8) is 0 Å². The van der Waals surface area contributed by atoms with Gasteiger partial charge in [-0.15, -0.1) is 0 Å². The van der Waals surface area contributed by atoms with Crippen molar-refractivity contribution in [1.82, 2.24) is 10.2 Å². The Morgan fingerprint density at radius 3 is 2.50 bits per heavy atom. The van der Waals surface area contributed by atoms with Crippen molar-refractivity contribution in [2.45, 2.75) is 24.9 Å². The van der Waals surface area contributed by atoms with Crippen LogP contribution >= 0.6 is 23.2 Å². The SMILES string of the molecule is O=C1NC2(CCc3ccccc32)C(=O)N1Cc1c(Cl)cccc1Cl. The van der Waals surface area contributed by atoms with Crippen LogP contribution in [-0.2, 0) is 23.3 Å². The van der Waals surface area contributed by atoms with Crippen LogP contribution in [0.25, 0.3) is 0 Å². The summed E-state index contributed by atoms with van der Waals surface area (Å²) < 4.78 is 0. The normalized spacial score (nSPS) is 22.2. The van der Waals surface area contributed by atoms with E-state index in [0.717, 1.165) is 17.5 Å². The molecule has 4 rings (SSSR count). The minimum absolute atomic E-state index is 0.0626. The van der Waals surface area contributed by atoms with Gasteiger partial charge in [-0.3, -0.25) is 9.69 Å². The number of fused-ring (bicyclic) bond motifs is 2. The van der Waals surface area contributed by atoms with Crippen molar-refractivity contribution in [2.24, 2.45) is 0 Å². The molecule has 0 radical (unpaired) electrons. The third-order valence-corrected chi connectivity index (χ3v) is 5.51. The molecule has 3 amide bonds. The largest absolute Gasteiger partial charge is 0.325 e. The minimum Gasteiger partial charge on any atom is -0.319 e. The second-order valence-corrected chi connectivity index (χ2v) is 6.90. The van der Waals surface area contributed by atoms with Crippen LogP contribution in [0.3, 0.4) is 0 Å². The maximum Gasteiger partial charge on any atom is 0.325 e. The number of hydrogen-bond donors (Lipinski definition) is 1. The van der Waals surface area contributed by atoms with Gasteiger partial charge in [0.25, 0.3) is 5.91 Å². The molecule has 1 unspecified atom stereocenters. The van der Waals surface area contributed by atoms with E-state index in [1.807, 2.05) is 24.3 Å². The summed E-state index contributed by atoms with van der Waals surface area (Å²) >= 11 is 12.4. The first-order valence-electron chi connectivity index (χ1n) is 7.68. The Labute approximate surface area is 149 Å². The summed E-state index contributed by atoms with van der Waals surface area (Å²) in [5, 5.41) is 3.78. The van der Waals surface area contributed by atoms with Crippen molar-refractivity contribution in [3.05, 3.63) is 69.2 Å². The first-order chi connectivity index (χ1) is 11.5. The van der Waals surface area contributed by atoms with Crippen LogP contribution in [0, 0.1) is 0 Å². The number of nitrogens with zero attached hydrogens (tertiary/aromatic N) is 1. The highest BCUT2D eigenvalue weighted by Crippen LogP contribution is 2.42. The third kappa shape index (κ3) is 2.14. The summed E-state index contributed by atoms with van der Waals surface area (Å²) in [6, 6.07) is 12.5. The fourth-order valence-corrected chi connectivity index (χ4v) is 4.09. The van der Waals surface area contributed by atoms with Gasteiger partial charge in [-0.25, -0.2) is 4.79 Å². The van der Waals surface area contributed by atoms with Crippen molar-refractivity contribution >= 4 is 35.1 Å². The van der Waals surface area contributed by atoms with Gasteiger partial charge in [0.2, 0.25) is 0 Å². The molecule has 2 aromatic carbocycles. The molecular weight excluding hydrogens is 347 g/mol. The highest BCUT2D eigenvalue weighted by atomic mass is 35.5. The zero-order valence-electron chi connectivity index (χ0n) is 12.7. The second-order valence-electron chi connectivity index (χ2n) is 6.08. The van der Waals surface area contributed by atoms with Crippen LogP contribution in [0.15, 0.2) is 42.5 Å². The maximum absolute atomic E-state index is 13.1. The number of aryl methyl sites for hydroxylation is 1. The monoisotopic (exact) mass is 360 g/mol. The summed E-state index contributed by atoms with van der Waals surface area (Å²) in [4.78, 5) is 26.8. The molecule has 0 saturated carbocycles. The van der Waals surface area contributed by atoms with E-state index in [0.29, 0.717) is 22.0 Å². The van der Waals surface area contributed by atoms with E-state index in [9.17, 15) is 9.59 Å². The van der Waals surface area contributed by atoms with E-state index in [1.165, 1.54) is 4.90 Å². The van der Waals surface area contributed by atoms with E-state index in [4.69, 9.17) is 23.2 Å². The Kier molecular flexibility index (Phi) is 3.55. The zero-order valence-corrected chi connectivity index (χ0v) is 14.2. The summed E-state index contributed by atoms with van der Waals surface area (Å²) in [6.07, 6.45) is 1.34. The molecule has 24 heavy (non-hydrogen) atoms. The lowest BCUT2D eigenvalue weighted by atomic mass is 9.92. The quantitative estimate of drug-likeness (QED) is 0.826. The third-order valence-electron chi connectivity index (χ3n) is 4.80. The number of rotatable bonds is 2. The molecule has 2 aliphatic rings. The number of halogens is 2. The summed E-state index contributed by atoms with van der Waals surface area (Å²) in [5.74, 6) is -0.242. The fourth-order valence-electron chi connectivity index (χ4n) is 3.57. The Balaban J connectivity index is 1.71. The molecule has 0 bridgehead atoms. The number of carbonyl (C=O) groups is 2. The Morgan fingerprint density at radius 2 is 1.75 bits per heavy atom. The Hall–Kier alpha value is -2.04. The predicted octanol–water partition coefficient (Wildman–Crippen LogP) is 3.89. The number of imide groups is 1. The van der Waals surface area contributed by atoms with Crippen molar-refractivity contribution in [3.8, 4) is 0 Å². The number of benzene rings is 2.